The molecular weight excluding hydrogens is 339 g/mol. The minimum Gasteiger partial charge on any atom is -0.379 e. The Hall–Kier alpha value is -2.56. The Balaban J connectivity index is 1.91. The van der Waals surface area contributed by atoms with E-state index in [0.29, 0.717) is 0 Å². The molecule has 1 unspecified atom stereocenters. The number of hydrogen-bond donors (Lipinski definition) is 0. The maximum atomic E-state index is 13.7. The molecule has 0 spiro atoms. The summed E-state index contributed by atoms with van der Waals surface area (Å²) in [6.45, 7) is 4.03. The summed E-state index contributed by atoms with van der Waals surface area (Å²) in [5.74, 6) is -0.224. The Morgan fingerprint density at radius 2 is 1.52 bits per heavy atom. The van der Waals surface area contributed by atoms with E-state index in [2.05, 4.69) is 40.2 Å². The zero-order chi connectivity index (χ0) is 18.5. The summed E-state index contributed by atoms with van der Waals surface area (Å²) in [5, 5.41) is 0. The van der Waals surface area contributed by atoms with Crippen LogP contribution in [-0.4, -0.2) is 42.7 Å². The van der Waals surface area contributed by atoms with Crippen molar-refractivity contribution in [2.75, 3.05) is 32.8 Å². The van der Waals surface area contributed by atoms with Crippen LogP contribution >= 0.6 is 0 Å². The van der Waals surface area contributed by atoms with Gasteiger partial charge < -0.3 is 4.74 Å². The summed E-state index contributed by atoms with van der Waals surface area (Å²) in [6.07, 6.45) is 3.72. The SMILES string of the molecule is Fc1ccc(C(CN2CCOCC2)(c2ccccc2)c2cccnc2)cc1. The van der Waals surface area contributed by atoms with Gasteiger partial charge in [-0.3, -0.25) is 9.88 Å². The molecule has 4 rings (SSSR count). The van der Waals surface area contributed by atoms with Crippen molar-refractivity contribution in [3.8, 4) is 0 Å². The first-order valence-electron chi connectivity index (χ1n) is 9.31. The van der Waals surface area contributed by atoms with Gasteiger partial charge in [0, 0.05) is 32.0 Å². The molecule has 2 aromatic carbocycles. The lowest BCUT2D eigenvalue weighted by Crippen LogP contribution is -2.47. The van der Waals surface area contributed by atoms with Crippen molar-refractivity contribution >= 4 is 0 Å². The van der Waals surface area contributed by atoms with Crippen molar-refractivity contribution in [2.45, 2.75) is 5.41 Å². The third-order valence-corrected chi connectivity index (χ3v) is 5.32. The van der Waals surface area contributed by atoms with Crippen LogP contribution in [-0.2, 0) is 10.2 Å². The number of nitrogens with zero attached hydrogens (tertiary/aromatic N) is 2. The summed E-state index contributed by atoms with van der Waals surface area (Å²) in [6, 6.07) is 21.4. The molecule has 1 saturated heterocycles. The number of morpholine rings is 1. The normalized spacial score (nSPS) is 17.4. The van der Waals surface area contributed by atoms with Crippen LogP contribution in [0.15, 0.2) is 79.1 Å². The maximum absolute atomic E-state index is 13.7. The quantitative estimate of drug-likeness (QED) is 0.689. The maximum Gasteiger partial charge on any atom is 0.123 e. The average Bonchev–Trinajstić information content (AvgIpc) is 2.75. The van der Waals surface area contributed by atoms with E-state index in [9.17, 15) is 4.39 Å². The fourth-order valence-electron chi connectivity index (χ4n) is 3.94. The van der Waals surface area contributed by atoms with Crippen molar-refractivity contribution in [1.29, 1.82) is 0 Å². The van der Waals surface area contributed by atoms with Gasteiger partial charge in [-0.25, -0.2) is 4.39 Å². The molecule has 3 aromatic rings. The van der Waals surface area contributed by atoms with Crippen LogP contribution in [0.4, 0.5) is 4.39 Å². The molecule has 0 aliphatic carbocycles. The predicted molar refractivity (Wildman–Crippen MR) is 104 cm³/mol. The Morgan fingerprint density at radius 1 is 0.852 bits per heavy atom. The van der Waals surface area contributed by atoms with Crippen LogP contribution in [0.5, 0.6) is 0 Å². The van der Waals surface area contributed by atoms with E-state index in [1.807, 2.05) is 30.5 Å². The van der Waals surface area contributed by atoms with E-state index in [0.717, 1.165) is 44.0 Å². The zero-order valence-corrected chi connectivity index (χ0v) is 15.2. The summed E-state index contributed by atoms with van der Waals surface area (Å²) < 4.78 is 19.2. The molecule has 0 saturated carbocycles. The Labute approximate surface area is 159 Å². The summed E-state index contributed by atoms with van der Waals surface area (Å²) >= 11 is 0. The number of aromatic nitrogens is 1. The van der Waals surface area contributed by atoms with Crippen LogP contribution in [0.1, 0.15) is 16.7 Å². The van der Waals surface area contributed by atoms with E-state index in [-0.39, 0.29) is 5.82 Å². The van der Waals surface area contributed by atoms with Crippen LogP contribution in [0, 0.1) is 5.82 Å². The summed E-state index contributed by atoms with van der Waals surface area (Å²) in [7, 11) is 0. The molecule has 0 radical (unpaired) electrons. The smallest absolute Gasteiger partial charge is 0.123 e. The highest BCUT2D eigenvalue weighted by Crippen LogP contribution is 2.40. The molecule has 27 heavy (non-hydrogen) atoms. The second kappa shape index (κ2) is 7.99. The van der Waals surface area contributed by atoms with Crippen LogP contribution in [0.2, 0.25) is 0 Å². The second-order valence-electron chi connectivity index (χ2n) is 6.91. The monoisotopic (exact) mass is 362 g/mol. The van der Waals surface area contributed by atoms with Gasteiger partial charge in [0.25, 0.3) is 0 Å². The van der Waals surface area contributed by atoms with Crippen LogP contribution in [0.3, 0.4) is 0 Å². The third-order valence-electron chi connectivity index (χ3n) is 5.32. The van der Waals surface area contributed by atoms with E-state index >= 15 is 0 Å². The Bertz CT molecular complexity index is 807. The first kappa shape index (κ1) is 17.8. The van der Waals surface area contributed by atoms with Crippen LogP contribution in [0.25, 0.3) is 0 Å². The molecule has 0 N–H and O–H groups in total. The lowest BCUT2D eigenvalue weighted by atomic mass is 9.69. The van der Waals surface area contributed by atoms with Gasteiger partial charge in [0.15, 0.2) is 0 Å². The Kier molecular flexibility index (Phi) is 5.28. The van der Waals surface area contributed by atoms with Crippen molar-refractivity contribution < 1.29 is 9.13 Å². The van der Waals surface area contributed by atoms with Gasteiger partial charge in [-0.2, -0.15) is 0 Å². The van der Waals surface area contributed by atoms with Gasteiger partial charge in [-0.05, 0) is 34.9 Å². The van der Waals surface area contributed by atoms with E-state index in [1.54, 1.807) is 18.3 Å². The van der Waals surface area contributed by atoms with Gasteiger partial charge >= 0.3 is 0 Å². The highest BCUT2D eigenvalue weighted by Gasteiger charge is 2.38. The average molecular weight is 362 g/mol. The molecule has 0 bridgehead atoms. The van der Waals surface area contributed by atoms with Gasteiger partial charge in [0.05, 0.1) is 18.6 Å². The number of hydrogen-bond acceptors (Lipinski definition) is 3. The lowest BCUT2D eigenvalue weighted by Gasteiger charge is -2.41. The standard InChI is InChI=1S/C23H23FN2O/c24-22-10-8-20(9-11-22)23(19-5-2-1-3-6-19,21-7-4-12-25-17-21)18-26-13-15-27-16-14-26/h1-12,17H,13-16,18H2. The number of halogens is 1. The minimum atomic E-state index is -0.430. The summed E-state index contributed by atoms with van der Waals surface area (Å²) in [5.41, 5.74) is 2.92. The lowest BCUT2D eigenvalue weighted by molar-refractivity contribution is 0.0323. The molecule has 1 aliphatic heterocycles. The fraction of sp³-hybridized carbons (Fsp3) is 0.261. The van der Waals surface area contributed by atoms with Gasteiger partial charge in [0.1, 0.15) is 5.82 Å². The molecule has 138 valence electrons. The second-order valence-corrected chi connectivity index (χ2v) is 6.91. The van der Waals surface area contributed by atoms with E-state index < -0.39 is 5.41 Å². The molecule has 2 heterocycles. The van der Waals surface area contributed by atoms with Gasteiger partial charge in [-0.15, -0.1) is 0 Å². The highest BCUT2D eigenvalue weighted by molar-refractivity contribution is 5.50. The van der Waals surface area contributed by atoms with Crippen molar-refractivity contribution in [2.24, 2.45) is 0 Å². The van der Waals surface area contributed by atoms with Crippen molar-refractivity contribution in [1.82, 2.24) is 9.88 Å². The molecule has 4 heteroatoms. The number of rotatable bonds is 5. The zero-order valence-electron chi connectivity index (χ0n) is 15.2. The number of pyridine rings is 1. The number of ether oxygens (including phenoxy) is 1. The highest BCUT2D eigenvalue weighted by atomic mass is 19.1. The molecule has 1 fully saturated rings. The van der Waals surface area contributed by atoms with E-state index in [1.165, 1.54) is 5.56 Å². The fourth-order valence-corrected chi connectivity index (χ4v) is 3.94. The largest absolute Gasteiger partial charge is 0.379 e. The third kappa shape index (κ3) is 3.64. The molecule has 1 atom stereocenters. The first-order chi connectivity index (χ1) is 13.3. The molecule has 3 nitrogen and oxygen atoms in total. The topological polar surface area (TPSA) is 25.4 Å². The van der Waals surface area contributed by atoms with Crippen LogP contribution < -0.4 is 0 Å². The van der Waals surface area contributed by atoms with E-state index in [4.69, 9.17) is 4.74 Å². The molecule has 1 aromatic heterocycles. The summed E-state index contributed by atoms with van der Waals surface area (Å²) in [4.78, 5) is 6.82. The Morgan fingerprint density at radius 3 is 2.19 bits per heavy atom. The van der Waals surface area contributed by atoms with Crippen molar-refractivity contribution in [3.63, 3.8) is 0 Å². The molecule has 1 aliphatic rings. The van der Waals surface area contributed by atoms with Gasteiger partial charge in [0.2, 0.25) is 0 Å². The van der Waals surface area contributed by atoms with Crippen molar-refractivity contribution in [3.05, 3.63) is 102 Å². The van der Waals surface area contributed by atoms with Gasteiger partial charge in [-0.1, -0.05) is 48.5 Å². The molecule has 0 amide bonds. The number of benzene rings is 2. The first-order valence-corrected chi connectivity index (χ1v) is 9.31. The minimum absolute atomic E-state index is 0.224. The molecular formula is C23H23FN2O. The predicted octanol–water partition coefficient (Wildman–Crippen LogP) is 3.89.